The van der Waals surface area contributed by atoms with E-state index in [-0.39, 0.29) is 10.7 Å². The van der Waals surface area contributed by atoms with Crippen molar-refractivity contribution in [2.75, 3.05) is 0 Å². The average Bonchev–Trinajstić information content (AvgIpc) is 1.82. The molecule has 0 aromatic heterocycles. The van der Waals surface area contributed by atoms with E-state index >= 15 is 0 Å². The summed E-state index contributed by atoms with van der Waals surface area (Å²) < 4.78 is 0. The van der Waals surface area contributed by atoms with E-state index in [0.29, 0.717) is 6.29 Å². The van der Waals surface area contributed by atoms with E-state index in [1.165, 1.54) is 12.2 Å². The lowest BCUT2D eigenvalue weighted by Crippen LogP contribution is -1.91. The van der Waals surface area contributed by atoms with Gasteiger partial charge in [0.25, 0.3) is 0 Å². The molecule has 0 radical (unpaired) electrons. The lowest BCUT2D eigenvalue weighted by molar-refractivity contribution is -0.104. The van der Waals surface area contributed by atoms with Crippen LogP contribution < -0.4 is 0 Å². The van der Waals surface area contributed by atoms with E-state index in [1.807, 2.05) is 0 Å². The van der Waals surface area contributed by atoms with E-state index in [4.69, 9.17) is 17.0 Å². The fourth-order valence-corrected chi connectivity index (χ4v) is 0.399. The summed E-state index contributed by atoms with van der Waals surface area (Å²) in [5, 5.41) is 6.51. The quantitative estimate of drug-likeness (QED) is 0.277. The highest BCUT2D eigenvalue weighted by atomic mass is 35.5. The summed E-state index contributed by atoms with van der Waals surface area (Å²) in [7, 11) is 0. The molecule has 0 bridgehead atoms. The van der Waals surface area contributed by atoms with Gasteiger partial charge in [-0.2, -0.15) is 0 Å². The number of hydrogen-bond acceptors (Lipinski definition) is 2. The molecule has 0 aliphatic heterocycles. The van der Waals surface area contributed by atoms with Gasteiger partial charge in [-0.15, -0.1) is 0 Å². The molecule has 0 aromatic carbocycles. The van der Waals surface area contributed by atoms with Gasteiger partial charge in [-0.05, 0) is 6.08 Å². The van der Waals surface area contributed by atoms with Crippen molar-refractivity contribution < 1.29 is 4.79 Å². The Hall–Kier alpha value is -0.890. The predicted octanol–water partition coefficient (Wildman–Crippen LogP) is 1.51. The van der Waals surface area contributed by atoms with Crippen LogP contribution in [0.15, 0.2) is 24.3 Å². The molecular formula is C6H6ClNO. The minimum atomic E-state index is -0.259. The van der Waals surface area contributed by atoms with E-state index in [0.717, 1.165) is 0 Å². The van der Waals surface area contributed by atoms with Crippen LogP contribution in [-0.2, 0) is 4.79 Å². The van der Waals surface area contributed by atoms with Crippen LogP contribution in [0.5, 0.6) is 0 Å². The number of rotatable bonds is 3. The molecule has 0 saturated carbocycles. The first-order chi connectivity index (χ1) is 4.22. The first kappa shape index (κ1) is 8.11. The second kappa shape index (κ2) is 4.04. The van der Waals surface area contributed by atoms with Gasteiger partial charge < -0.3 is 0 Å². The van der Waals surface area contributed by atoms with Gasteiger partial charge in [-0.3, -0.25) is 10.2 Å². The Labute approximate surface area is 58.3 Å². The largest absolute Gasteiger partial charge is 0.298 e. The third kappa shape index (κ3) is 2.82. The predicted molar refractivity (Wildman–Crippen MR) is 37.9 cm³/mol. The number of carbonyl (C=O) groups excluding carboxylic acids is 1. The number of aldehydes is 1. The summed E-state index contributed by atoms with van der Waals surface area (Å²) in [5.41, 5.74) is 0.145. The molecule has 0 saturated heterocycles. The zero-order chi connectivity index (χ0) is 7.28. The highest BCUT2D eigenvalue weighted by Gasteiger charge is 1.95. The van der Waals surface area contributed by atoms with Crippen LogP contribution in [0.3, 0.4) is 0 Å². The summed E-state index contributed by atoms with van der Waals surface area (Å²) in [5.74, 6) is 0. The fourth-order valence-electron chi connectivity index (χ4n) is 0.291. The molecule has 0 aromatic rings. The SMILES string of the molecule is C=C/C=C(/C=O)C(=N)Cl. The topological polar surface area (TPSA) is 40.9 Å². The Morgan fingerprint density at radius 2 is 2.22 bits per heavy atom. The molecule has 9 heavy (non-hydrogen) atoms. The molecule has 0 atom stereocenters. The molecule has 3 heteroatoms. The first-order valence-corrected chi connectivity index (χ1v) is 2.62. The molecule has 0 rings (SSSR count). The molecule has 0 aliphatic rings. The van der Waals surface area contributed by atoms with Crippen molar-refractivity contribution in [2.45, 2.75) is 0 Å². The van der Waals surface area contributed by atoms with Gasteiger partial charge >= 0.3 is 0 Å². The van der Waals surface area contributed by atoms with Crippen LogP contribution in [0.4, 0.5) is 0 Å². The maximum Gasteiger partial charge on any atom is 0.153 e. The van der Waals surface area contributed by atoms with Crippen molar-refractivity contribution in [3.8, 4) is 0 Å². The molecule has 48 valence electrons. The monoisotopic (exact) mass is 143 g/mol. The van der Waals surface area contributed by atoms with Crippen molar-refractivity contribution in [3.05, 3.63) is 24.3 Å². The normalized spacial score (nSPS) is 10.6. The third-order valence-corrected chi connectivity index (χ3v) is 0.896. The second-order valence-electron chi connectivity index (χ2n) is 1.29. The maximum absolute atomic E-state index is 10.00. The van der Waals surface area contributed by atoms with E-state index < -0.39 is 0 Å². The summed E-state index contributed by atoms with van der Waals surface area (Å²) >= 11 is 5.16. The van der Waals surface area contributed by atoms with Gasteiger partial charge in [0.1, 0.15) is 5.17 Å². The Balaban J connectivity index is 4.32. The standard InChI is InChI=1S/C6H6ClNO/c1-2-3-5(4-9)6(7)8/h2-4,8H,1H2/b5-3-,8-6?. The summed E-state index contributed by atoms with van der Waals surface area (Å²) in [6.45, 7) is 3.34. The minimum Gasteiger partial charge on any atom is -0.298 e. The van der Waals surface area contributed by atoms with Gasteiger partial charge in [0.2, 0.25) is 0 Å². The molecule has 2 nitrogen and oxygen atoms in total. The summed E-state index contributed by atoms with van der Waals surface area (Å²) in [6.07, 6.45) is 3.29. The Morgan fingerprint density at radius 3 is 2.33 bits per heavy atom. The molecule has 0 unspecified atom stereocenters. The van der Waals surface area contributed by atoms with Crippen LogP contribution in [-0.4, -0.2) is 11.5 Å². The zero-order valence-corrected chi connectivity index (χ0v) is 5.48. The van der Waals surface area contributed by atoms with Crippen molar-refractivity contribution >= 4 is 23.1 Å². The minimum absolute atomic E-state index is 0.145. The Kier molecular flexibility index (Phi) is 3.64. The average molecular weight is 144 g/mol. The molecule has 0 aliphatic carbocycles. The van der Waals surface area contributed by atoms with Gasteiger partial charge in [0.15, 0.2) is 6.29 Å². The number of carbonyl (C=O) groups is 1. The van der Waals surface area contributed by atoms with Crippen molar-refractivity contribution in [1.82, 2.24) is 0 Å². The van der Waals surface area contributed by atoms with Gasteiger partial charge in [0.05, 0.1) is 5.57 Å². The van der Waals surface area contributed by atoms with E-state index in [1.54, 1.807) is 0 Å². The van der Waals surface area contributed by atoms with Gasteiger partial charge in [0, 0.05) is 0 Å². The van der Waals surface area contributed by atoms with Gasteiger partial charge in [-0.1, -0.05) is 24.3 Å². The number of hydrogen-bond donors (Lipinski definition) is 1. The van der Waals surface area contributed by atoms with Crippen molar-refractivity contribution in [1.29, 1.82) is 5.41 Å². The fraction of sp³-hybridized carbons (Fsp3) is 0. The molecule has 0 heterocycles. The maximum atomic E-state index is 10.00. The summed E-state index contributed by atoms with van der Waals surface area (Å²) in [4.78, 5) is 10.00. The molecule has 0 amide bonds. The van der Waals surface area contributed by atoms with Gasteiger partial charge in [-0.25, -0.2) is 0 Å². The van der Waals surface area contributed by atoms with Crippen LogP contribution in [0, 0.1) is 5.41 Å². The van der Waals surface area contributed by atoms with Crippen LogP contribution in [0.25, 0.3) is 0 Å². The molecule has 1 N–H and O–H groups in total. The highest BCUT2D eigenvalue weighted by Crippen LogP contribution is 1.96. The lowest BCUT2D eigenvalue weighted by atomic mass is 10.3. The van der Waals surface area contributed by atoms with E-state index in [9.17, 15) is 4.79 Å². The second-order valence-corrected chi connectivity index (χ2v) is 1.67. The zero-order valence-electron chi connectivity index (χ0n) is 4.73. The third-order valence-electron chi connectivity index (χ3n) is 0.678. The Bertz CT molecular complexity index is 172. The Morgan fingerprint density at radius 1 is 1.67 bits per heavy atom. The number of halogens is 1. The van der Waals surface area contributed by atoms with Crippen LogP contribution in [0.1, 0.15) is 0 Å². The first-order valence-electron chi connectivity index (χ1n) is 2.24. The molecular weight excluding hydrogens is 138 g/mol. The highest BCUT2D eigenvalue weighted by molar-refractivity contribution is 6.70. The molecule has 0 spiro atoms. The van der Waals surface area contributed by atoms with Crippen LogP contribution >= 0.6 is 11.6 Å². The van der Waals surface area contributed by atoms with Crippen molar-refractivity contribution in [2.24, 2.45) is 0 Å². The number of nitrogens with one attached hydrogen (secondary N) is 1. The molecule has 0 fully saturated rings. The van der Waals surface area contributed by atoms with Crippen LogP contribution in [0.2, 0.25) is 0 Å². The smallest absolute Gasteiger partial charge is 0.153 e. The number of allylic oxidation sites excluding steroid dienone is 3. The lowest BCUT2D eigenvalue weighted by Gasteiger charge is -1.86. The summed E-state index contributed by atoms with van der Waals surface area (Å²) in [6, 6.07) is 0. The van der Waals surface area contributed by atoms with E-state index in [2.05, 4.69) is 6.58 Å². The van der Waals surface area contributed by atoms with Crippen molar-refractivity contribution in [3.63, 3.8) is 0 Å².